The summed E-state index contributed by atoms with van der Waals surface area (Å²) in [4.78, 5) is 22.8. The Morgan fingerprint density at radius 3 is 2.58 bits per heavy atom. The predicted molar refractivity (Wildman–Crippen MR) is 74.2 cm³/mol. The van der Waals surface area contributed by atoms with Crippen LogP contribution in [0.5, 0.6) is 0 Å². The van der Waals surface area contributed by atoms with Gasteiger partial charge in [0.05, 0.1) is 5.60 Å². The van der Waals surface area contributed by atoms with E-state index in [2.05, 4.69) is 21.2 Å². The van der Waals surface area contributed by atoms with Crippen LogP contribution in [0.3, 0.4) is 0 Å². The normalized spacial score (nSPS) is 22.8. The second-order valence-corrected chi connectivity index (χ2v) is 6.05. The molecule has 2 atom stereocenters. The van der Waals surface area contributed by atoms with E-state index in [1.807, 2.05) is 24.3 Å². The number of benzene rings is 1. The van der Waals surface area contributed by atoms with Crippen molar-refractivity contribution in [3.63, 3.8) is 0 Å². The van der Waals surface area contributed by atoms with Gasteiger partial charge >= 0.3 is 0 Å². The molecule has 1 saturated heterocycles. The SMILES string of the molecule is CC(O)(CC1CCC(=O)NC1=O)c1ccc(Br)cc1. The van der Waals surface area contributed by atoms with Gasteiger partial charge < -0.3 is 5.11 Å². The van der Waals surface area contributed by atoms with Gasteiger partial charge in [-0.25, -0.2) is 0 Å². The Balaban J connectivity index is 2.10. The second kappa shape index (κ2) is 5.43. The van der Waals surface area contributed by atoms with E-state index in [1.165, 1.54) is 0 Å². The Bertz CT molecular complexity index is 496. The van der Waals surface area contributed by atoms with Crippen molar-refractivity contribution < 1.29 is 14.7 Å². The van der Waals surface area contributed by atoms with Crippen LogP contribution in [0.1, 0.15) is 31.7 Å². The summed E-state index contributed by atoms with van der Waals surface area (Å²) < 4.78 is 0.938. The molecule has 2 unspecified atom stereocenters. The lowest BCUT2D eigenvalue weighted by molar-refractivity contribution is -0.138. The third-order valence-electron chi connectivity index (χ3n) is 3.46. The van der Waals surface area contributed by atoms with E-state index in [0.717, 1.165) is 10.0 Å². The third-order valence-corrected chi connectivity index (χ3v) is 3.99. The number of hydrogen-bond donors (Lipinski definition) is 2. The average molecular weight is 326 g/mol. The largest absolute Gasteiger partial charge is 0.385 e. The predicted octanol–water partition coefficient (Wildman–Crippen LogP) is 2.10. The van der Waals surface area contributed by atoms with Gasteiger partial charge in [0.2, 0.25) is 11.8 Å². The second-order valence-electron chi connectivity index (χ2n) is 5.13. The zero-order chi connectivity index (χ0) is 14.0. The Kier molecular flexibility index (Phi) is 4.06. The standard InChI is InChI=1S/C14H16BrNO3/c1-14(19,10-3-5-11(15)6-4-10)8-9-2-7-12(17)16-13(9)18/h3-6,9,19H,2,7-8H2,1H3,(H,16,17,18). The Labute approximate surface area is 120 Å². The van der Waals surface area contributed by atoms with Gasteiger partial charge in [0, 0.05) is 16.8 Å². The number of carbonyl (C=O) groups excluding carboxylic acids is 2. The first-order valence-electron chi connectivity index (χ1n) is 6.20. The summed E-state index contributed by atoms with van der Waals surface area (Å²) in [6, 6.07) is 7.37. The van der Waals surface area contributed by atoms with E-state index < -0.39 is 5.60 Å². The molecule has 0 radical (unpaired) electrons. The molecule has 1 aromatic carbocycles. The zero-order valence-corrected chi connectivity index (χ0v) is 12.2. The van der Waals surface area contributed by atoms with Gasteiger partial charge in [0.1, 0.15) is 0 Å². The summed E-state index contributed by atoms with van der Waals surface area (Å²) in [7, 11) is 0. The van der Waals surface area contributed by atoms with Crippen molar-refractivity contribution >= 4 is 27.7 Å². The minimum Gasteiger partial charge on any atom is -0.385 e. The Morgan fingerprint density at radius 1 is 1.37 bits per heavy atom. The van der Waals surface area contributed by atoms with Crippen molar-refractivity contribution in [2.45, 2.75) is 31.8 Å². The quantitative estimate of drug-likeness (QED) is 0.836. The summed E-state index contributed by atoms with van der Waals surface area (Å²) in [6.07, 6.45) is 1.15. The van der Waals surface area contributed by atoms with Crippen LogP contribution < -0.4 is 5.32 Å². The number of aliphatic hydroxyl groups is 1. The van der Waals surface area contributed by atoms with Crippen molar-refractivity contribution in [3.05, 3.63) is 34.3 Å². The zero-order valence-electron chi connectivity index (χ0n) is 10.6. The molecule has 1 aromatic rings. The maximum absolute atomic E-state index is 11.7. The molecule has 0 saturated carbocycles. The topological polar surface area (TPSA) is 66.4 Å². The van der Waals surface area contributed by atoms with Gasteiger partial charge in [0.15, 0.2) is 0 Å². The first kappa shape index (κ1) is 14.2. The first-order valence-corrected chi connectivity index (χ1v) is 7.00. The Morgan fingerprint density at radius 2 is 2.00 bits per heavy atom. The Hall–Kier alpha value is -1.20. The minimum atomic E-state index is -1.08. The average Bonchev–Trinajstić information content (AvgIpc) is 2.33. The number of nitrogens with one attached hydrogen (secondary N) is 1. The van der Waals surface area contributed by atoms with E-state index in [-0.39, 0.29) is 17.7 Å². The minimum absolute atomic E-state index is 0.232. The number of rotatable bonds is 3. The molecule has 2 N–H and O–H groups in total. The van der Waals surface area contributed by atoms with E-state index >= 15 is 0 Å². The molecule has 0 aromatic heterocycles. The van der Waals surface area contributed by atoms with E-state index in [0.29, 0.717) is 19.3 Å². The molecule has 1 aliphatic rings. The maximum atomic E-state index is 11.7. The highest BCUT2D eigenvalue weighted by Crippen LogP contribution is 2.32. The van der Waals surface area contributed by atoms with Crippen LogP contribution >= 0.6 is 15.9 Å². The fourth-order valence-corrected chi connectivity index (χ4v) is 2.60. The number of halogens is 1. The number of amides is 2. The van der Waals surface area contributed by atoms with Gasteiger partial charge in [-0.05, 0) is 37.5 Å². The van der Waals surface area contributed by atoms with Crippen molar-refractivity contribution in [1.29, 1.82) is 0 Å². The van der Waals surface area contributed by atoms with Crippen LogP contribution in [0.25, 0.3) is 0 Å². The molecule has 0 aliphatic carbocycles. The molecule has 1 fully saturated rings. The summed E-state index contributed by atoms with van der Waals surface area (Å²) in [5, 5.41) is 12.8. The maximum Gasteiger partial charge on any atom is 0.229 e. The highest BCUT2D eigenvalue weighted by atomic mass is 79.9. The van der Waals surface area contributed by atoms with Gasteiger partial charge in [-0.2, -0.15) is 0 Å². The third kappa shape index (κ3) is 3.42. The van der Waals surface area contributed by atoms with Crippen molar-refractivity contribution in [2.24, 2.45) is 5.92 Å². The van der Waals surface area contributed by atoms with Gasteiger partial charge in [-0.1, -0.05) is 28.1 Å². The van der Waals surface area contributed by atoms with E-state index in [9.17, 15) is 14.7 Å². The molecule has 5 heteroatoms. The van der Waals surface area contributed by atoms with Crippen LogP contribution in [0, 0.1) is 5.92 Å². The molecular weight excluding hydrogens is 310 g/mol. The molecular formula is C14H16BrNO3. The van der Waals surface area contributed by atoms with Gasteiger partial charge in [-0.3, -0.25) is 14.9 Å². The summed E-state index contributed by atoms with van der Waals surface area (Å²) in [5.74, 6) is -0.838. The summed E-state index contributed by atoms with van der Waals surface area (Å²) >= 11 is 3.34. The van der Waals surface area contributed by atoms with Crippen molar-refractivity contribution in [3.8, 4) is 0 Å². The number of hydrogen-bond acceptors (Lipinski definition) is 3. The van der Waals surface area contributed by atoms with Crippen LogP contribution in [-0.2, 0) is 15.2 Å². The molecule has 0 spiro atoms. The van der Waals surface area contributed by atoms with Crippen LogP contribution in [0.15, 0.2) is 28.7 Å². The molecule has 19 heavy (non-hydrogen) atoms. The highest BCUT2D eigenvalue weighted by molar-refractivity contribution is 9.10. The number of carbonyl (C=O) groups is 2. The number of piperidine rings is 1. The van der Waals surface area contributed by atoms with E-state index in [1.54, 1.807) is 6.92 Å². The smallest absolute Gasteiger partial charge is 0.229 e. The molecule has 1 aliphatic heterocycles. The van der Waals surface area contributed by atoms with Crippen molar-refractivity contribution in [2.75, 3.05) is 0 Å². The van der Waals surface area contributed by atoms with Gasteiger partial charge in [-0.15, -0.1) is 0 Å². The van der Waals surface area contributed by atoms with Crippen LogP contribution in [0.4, 0.5) is 0 Å². The number of imide groups is 1. The molecule has 4 nitrogen and oxygen atoms in total. The fraction of sp³-hybridized carbons (Fsp3) is 0.429. The van der Waals surface area contributed by atoms with E-state index in [4.69, 9.17) is 0 Å². The lowest BCUT2D eigenvalue weighted by Crippen LogP contribution is -2.43. The van der Waals surface area contributed by atoms with Gasteiger partial charge in [0.25, 0.3) is 0 Å². The summed E-state index contributed by atoms with van der Waals surface area (Å²) in [6.45, 7) is 1.69. The van der Waals surface area contributed by atoms with Crippen LogP contribution in [-0.4, -0.2) is 16.9 Å². The monoisotopic (exact) mass is 325 g/mol. The molecule has 102 valence electrons. The van der Waals surface area contributed by atoms with Crippen LogP contribution in [0.2, 0.25) is 0 Å². The molecule has 2 rings (SSSR count). The molecule has 0 bridgehead atoms. The lowest BCUT2D eigenvalue weighted by atomic mass is 9.82. The molecule has 1 heterocycles. The van der Waals surface area contributed by atoms with Crippen molar-refractivity contribution in [1.82, 2.24) is 5.32 Å². The first-order chi connectivity index (χ1) is 8.88. The fourth-order valence-electron chi connectivity index (χ4n) is 2.34. The highest BCUT2D eigenvalue weighted by Gasteiger charge is 2.34. The summed E-state index contributed by atoms with van der Waals surface area (Å²) in [5.41, 5.74) is -0.316. The lowest BCUT2D eigenvalue weighted by Gasteiger charge is -2.30. The molecule has 2 amide bonds.